The van der Waals surface area contributed by atoms with Gasteiger partial charge in [-0.15, -0.1) is 0 Å². The number of imide groups is 1. The number of non-ortho nitro benzene ring substituents is 1. The highest BCUT2D eigenvalue weighted by Crippen LogP contribution is 2.53. The maximum absolute atomic E-state index is 13.4. The number of hydrogen-bond acceptors (Lipinski definition) is 5. The first-order valence-electron chi connectivity index (χ1n) is 11.2. The molecule has 0 aromatic heterocycles. The van der Waals surface area contributed by atoms with Crippen molar-refractivity contribution in [3.05, 3.63) is 81.9 Å². The Balaban J connectivity index is 1.33. The van der Waals surface area contributed by atoms with Crippen LogP contribution in [0.4, 0.5) is 16.2 Å². The van der Waals surface area contributed by atoms with E-state index < -0.39 is 17.0 Å². The zero-order valence-corrected chi connectivity index (χ0v) is 18.5. The molecular weight excluding hydrogens is 436 g/mol. The smallest absolute Gasteiger partial charge is 0.319 e. The van der Waals surface area contributed by atoms with Gasteiger partial charge >= 0.3 is 6.03 Å². The molecule has 0 radical (unpaired) electrons. The van der Waals surface area contributed by atoms with Crippen LogP contribution in [0, 0.1) is 40.7 Å². The first-order valence-corrected chi connectivity index (χ1v) is 11.2. The molecule has 5 atom stereocenters. The molecule has 1 heterocycles. The number of fused-ring (bicyclic) bond motifs is 5. The molecule has 34 heavy (non-hydrogen) atoms. The standard InChI is InChI=1S/C25H24N4O5/c1-14-11-18(29(33)34)9-10-19(14)27-25(32)26-13-20(15-5-3-2-4-6-15)28-23(30)21-16-7-8-17(12-16)22(21)24(28)31/h2-11,16-17,20-22H,12-13H2,1H3,(H2,26,27,32). The Bertz CT molecular complexity index is 1180. The number of rotatable bonds is 6. The molecule has 9 nitrogen and oxygen atoms in total. The van der Waals surface area contributed by atoms with Crippen molar-refractivity contribution in [2.75, 3.05) is 11.9 Å². The SMILES string of the molecule is Cc1cc([N+](=O)[O-])ccc1NC(=O)NCC(c1ccccc1)N1C(=O)C2C3C=CC(C3)C2C1=O. The maximum atomic E-state index is 13.4. The molecule has 0 spiro atoms. The van der Waals surface area contributed by atoms with E-state index in [2.05, 4.69) is 22.8 Å². The second kappa shape index (κ2) is 8.40. The minimum atomic E-state index is -0.630. The van der Waals surface area contributed by atoms with Crippen LogP contribution >= 0.6 is 0 Å². The number of nitro benzene ring substituents is 1. The van der Waals surface area contributed by atoms with E-state index >= 15 is 0 Å². The fourth-order valence-corrected chi connectivity index (χ4v) is 5.52. The van der Waals surface area contributed by atoms with Crippen LogP contribution in [0.2, 0.25) is 0 Å². The van der Waals surface area contributed by atoms with Crippen LogP contribution < -0.4 is 10.6 Å². The summed E-state index contributed by atoms with van der Waals surface area (Å²) in [4.78, 5) is 51.1. The number of benzene rings is 2. The van der Waals surface area contributed by atoms with Crippen molar-refractivity contribution in [3.63, 3.8) is 0 Å². The van der Waals surface area contributed by atoms with Gasteiger partial charge in [-0.2, -0.15) is 0 Å². The van der Waals surface area contributed by atoms with Crippen LogP contribution in [0.1, 0.15) is 23.6 Å². The average Bonchev–Trinajstić information content (AvgIpc) is 3.51. The molecular formula is C25H24N4O5. The highest BCUT2D eigenvalue weighted by atomic mass is 16.6. The topological polar surface area (TPSA) is 122 Å². The molecule has 174 valence electrons. The second-order valence-corrected chi connectivity index (χ2v) is 9.06. The third kappa shape index (κ3) is 3.63. The van der Waals surface area contributed by atoms with Gasteiger partial charge < -0.3 is 10.6 Å². The average molecular weight is 460 g/mol. The van der Waals surface area contributed by atoms with Crippen molar-refractivity contribution in [3.8, 4) is 0 Å². The number of aryl methyl sites for hydroxylation is 1. The van der Waals surface area contributed by atoms with Crippen LogP contribution in [0.5, 0.6) is 0 Å². The van der Waals surface area contributed by atoms with Crippen LogP contribution in [0.25, 0.3) is 0 Å². The number of hydrogen-bond donors (Lipinski definition) is 2. The molecule has 5 unspecified atom stereocenters. The molecule has 2 aliphatic carbocycles. The summed E-state index contributed by atoms with van der Waals surface area (Å²) in [6.07, 6.45) is 4.96. The summed E-state index contributed by atoms with van der Waals surface area (Å²) >= 11 is 0. The molecule has 9 heteroatoms. The minimum absolute atomic E-state index is 0.0432. The van der Waals surface area contributed by atoms with Crippen LogP contribution in [0.3, 0.4) is 0 Å². The summed E-state index contributed by atoms with van der Waals surface area (Å²) in [7, 11) is 0. The van der Waals surface area contributed by atoms with Crippen molar-refractivity contribution in [1.82, 2.24) is 10.2 Å². The van der Waals surface area contributed by atoms with Gasteiger partial charge in [0.1, 0.15) is 0 Å². The molecule has 3 aliphatic rings. The zero-order valence-electron chi connectivity index (χ0n) is 18.5. The number of anilines is 1. The number of carbonyl (C=O) groups excluding carboxylic acids is 3. The summed E-state index contributed by atoms with van der Waals surface area (Å²) in [5, 5.41) is 16.4. The van der Waals surface area contributed by atoms with Gasteiger partial charge in [0.05, 0.1) is 22.8 Å². The van der Waals surface area contributed by atoms with E-state index in [0.717, 1.165) is 12.0 Å². The maximum Gasteiger partial charge on any atom is 0.319 e. The van der Waals surface area contributed by atoms with Gasteiger partial charge in [-0.3, -0.25) is 24.6 Å². The number of nitro groups is 1. The predicted molar refractivity (Wildman–Crippen MR) is 124 cm³/mol. The lowest BCUT2D eigenvalue weighted by Gasteiger charge is -2.28. The van der Waals surface area contributed by atoms with Gasteiger partial charge in [0.2, 0.25) is 11.8 Å². The number of amides is 4. The quantitative estimate of drug-likeness (QED) is 0.295. The van der Waals surface area contributed by atoms with Crippen LogP contribution in [-0.2, 0) is 9.59 Å². The van der Waals surface area contributed by atoms with Crippen molar-refractivity contribution < 1.29 is 19.3 Å². The molecule has 2 N–H and O–H groups in total. The number of urea groups is 1. The van der Waals surface area contributed by atoms with Gasteiger partial charge in [0.25, 0.3) is 5.69 Å². The summed E-state index contributed by atoms with van der Waals surface area (Å²) in [5.74, 6) is -0.762. The van der Waals surface area contributed by atoms with Gasteiger partial charge in [-0.05, 0) is 42.4 Å². The highest BCUT2D eigenvalue weighted by Gasteiger charge is 2.60. The molecule has 5 rings (SSSR count). The van der Waals surface area contributed by atoms with Crippen molar-refractivity contribution in [2.45, 2.75) is 19.4 Å². The summed E-state index contributed by atoms with van der Waals surface area (Å²) in [6, 6.07) is 12.2. The third-order valence-corrected chi connectivity index (χ3v) is 7.13. The first-order chi connectivity index (χ1) is 16.3. The number of nitrogens with zero attached hydrogens (tertiary/aromatic N) is 2. The Labute approximate surface area is 196 Å². The fraction of sp³-hybridized carbons (Fsp3) is 0.320. The Morgan fingerprint density at radius 1 is 1.09 bits per heavy atom. The van der Waals surface area contributed by atoms with E-state index in [1.165, 1.54) is 23.1 Å². The number of allylic oxidation sites excluding steroid dienone is 2. The van der Waals surface area contributed by atoms with E-state index in [4.69, 9.17) is 0 Å². The Morgan fingerprint density at radius 2 is 1.74 bits per heavy atom. The predicted octanol–water partition coefficient (Wildman–Crippen LogP) is 3.57. The molecule has 4 amide bonds. The van der Waals surface area contributed by atoms with E-state index in [-0.39, 0.29) is 47.7 Å². The monoisotopic (exact) mass is 460 g/mol. The van der Waals surface area contributed by atoms with E-state index in [0.29, 0.717) is 11.3 Å². The summed E-state index contributed by atoms with van der Waals surface area (Å²) in [5.41, 5.74) is 1.68. The summed E-state index contributed by atoms with van der Waals surface area (Å²) in [6.45, 7) is 1.71. The van der Waals surface area contributed by atoms with Crippen molar-refractivity contribution >= 4 is 29.2 Å². The molecule has 2 fully saturated rings. The third-order valence-electron chi connectivity index (χ3n) is 7.13. The second-order valence-electron chi connectivity index (χ2n) is 9.06. The minimum Gasteiger partial charge on any atom is -0.335 e. The van der Waals surface area contributed by atoms with E-state index in [9.17, 15) is 24.5 Å². The normalized spacial score (nSPS) is 25.4. The largest absolute Gasteiger partial charge is 0.335 e. The molecule has 2 bridgehead atoms. The lowest BCUT2D eigenvalue weighted by Crippen LogP contribution is -2.43. The highest BCUT2D eigenvalue weighted by molar-refractivity contribution is 6.07. The van der Waals surface area contributed by atoms with Gasteiger partial charge in [0.15, 0.2) is 0 Å². The van der Waals surface area contributed by atoms with Gasteiger partial charge in [-0.25, -0.2) is 4.79 Å². The Morgan fingerprint density at radius 3 is 2.32 bits per heavy atom. The number of carbonyl (C=O) groups is 3. The summed E-state index contributed by atoms with van der Waals surface area (Å²) < 4.78 is 0. The van der Waals surface area contributed by atoms with Crippen molar-refractivity contribution in [2.24, 2.45) is 23.7 Å². The van der Waals surface area contributed by atoms with E-state index in [1.54, 1.807) is 6.92 Å². The molecule has 1 saturated carbocycles. The van der Waals surface area contributed by atoms with Crippen LogP contribution in [0.15, 0.2) is 60.7 Å². The fourth-order valence-electron chi connectivity index (χ4n) is 5.52. The van der Waals surface area contributed by atoms with E-state index in [1.807, 2.05) is 30.3 Å². The number of likely N-dealkylation sites (tertiary alicyclic amines) is 1. The molecule has 2 aromatic rings. The van der Waals surface area contributed by atoms with Crippen molar-refractivity contribution in [1.29, 1.82) is 0 Å². The molecule has 2 aromatic carbocycles. The number of nitrogens with one attached hydrogen (secondary N) is 2. The molecule has 1 saturated heterocycles. The lowest BCUT2D eigenvalue weighted by atomic mass is 9.85. The Kier molecular flexibility index (Phi) is 5.39. The zero-order chi connectivity index (χ0) is 24.0. The Hall–Kier alpha value is -4.01. The lowest BCUT2D eigenvalue weighted by molar-refractivity contribution is -0.384. The van der Waals surface area contributed by atoms with Crippen LogP contribution in [-0.4, -0.2) is 34.2 Å². The van der Waals surface area contributed by atoms with Gasteiger partial charge in [0, 0.05) is 24.4 Å². The van der Waals surface area contributed by atoms with Gasteiger partial charge in [-0.1, -0.05) is 42.5 Å². The first kappa shape index (κ1) is 21.8. The molecule has 1 aliphatic heterocycles.